The highest BCUT2D eigenvalue weighted by atomic mass is 19.1. The lowest BCUT2D eigenvalue weighted by atomic mass is 9.94. The van der Waals surface area contributed by atoms with Crippen LogP contribution < -0.4 is 10.1 Å². The van der Waals surface area contributed by atoms with Crippen LogP contribution in [-0.2, 0) is 12.0 Å². The van der Waals surface area contributed by atoms with E-state index in [-0.39, 0.29) is 11.7 Å². The Bertz CT molecular complexity index is 1690. The van der Waals surface area contributed by atoms with Crippen LogP contribution in [0.1, 0.15) is 59.8 Å². The molecule has 0 unspecified atom stereocenters. The number of ether oxygens (including phenoxy) is 1. The topological polar surface area (TPSA) is 107 Å². The van der Waals surface area contributed by atoms with Crippen LogP contribution in [0.4, 0.5) is 4.39 Å². The minimum atomic E-state index is -0.868. The van der Waals surface area contributed by atoms with Crippen molar-refractivity contribution in [1.82, 2.24) is 15.5 Å². The number of rotatable bonds is 9. The number of aldehydes is 1. The summed E-state index contributed by atoms with van der Waals surface area (Å²) in [6, 6.07) is 15.0. The Labute approximate surface area is 230 Å². The van der Waals surface area contributed by atoms with Crippen molar-refractivity contribution in [3.05, 3.63) is 89.3 Å². The number of nitrogens with one attached hydrogen (secondary N) is 1. The van der Waals surface area contributed by atoms with E-state index in [1.807, 2.05) is 38.1 Å². The van der Waals surface area contributed by atoms with Gasteiger partial charge in [-0.15, -0.1) is 0 Å². The second-order valence-electron chi connectivity index (χ2n) is 9.81. The molecule has 9 heteroatoms. The smallest absolute Gasteiger partial charge is 0.252 e. The molecule has 1 amide bonds. The number of hydrogen-bond acceptors (Lipinski definition) is 7. The van der Waals surface area contributed by atoms with E-state index in [0.29, 0.717) is 63.6 Å². The maximum atomic E-state index is 13.5. The Hall–Kier alpha value is -4.79. The van der Waals surface area contributed by atoms with Gasteiger partial charge in [0.2, 0.25) is 6.39 Å². The van der Waals surface area contributed by atoms with E-state index in [1.54, 1.807) is 32.0 Å². The SMILES string of the molecule is CCOc1cc2oc(-c3ccc(F)cc3)c(C=O)c2cc1-c1ccc(CC)c(C(=O)NC(C)(C)c2ncon2)c1. The maximum Gasteiger partial charge on any atom is 0.252 e. The molecule has 0 atom stereocenters. The van der Waals surface area contributed by atoms with Gasteiger partial charge in [-0.2, -0.15) is 4.98 Å². The zero-order valence-corrected chi connectivity index (χ0v) is 22.6. The summed E-state index contributed by atoms with van der Waals surface area (Å²) in [7, 11) is 0. The highest BCUT2D eigenvalue weighted by Gasteiger charge is 2.29. The first-order chi connectivity index (χ1) is 19.2. The molecule has 2 heterocycles. The fourth-order valence-corrected chi connectivity index (χ4v) is 4.69. The average Bonchev–Trinajstić information content (AvgIpc) is 3.61. The zero-order valence-electron chi connectivity index (χ0n) is 22.6. The van der Waals surface area contributed by atoms with Gasteiger partial charge in [-0.25, -0.2) is 4.39 Å². The molecule has 0 saturated carbocycles. The second kappa shape index (κ2) is 10.8. The van der Waals surface area contributed by atoms with Crippen LogP contribution in [0.5, 0.6) is 5.75 Å². The summed E-state index contributed by atoms with van der Waals surface area (Å²) in [6.45, 7) is 7.84. The third-order valence-corrected chi connectivity index (χ3v) is 6.75. The van der Waals surface area contributed by atoms with Crippen molar-refractivity contribution in [3.8, 4) is 28.2 Å². The Kier molecular flexibility index (Phi) is 7.21. The van der Waals surface area contributed by atoms with Gasteiger partial charge in [-0.05, 0) is 74.7 Å². The summed E-state index contributed by atoms with van der Waals surface area (Å²) in [5.74, 6) is 0.564. The molecule has 40 heavy (non-hydrogen) atoms. The second-order valence-corrected chi connectivity index (χ2v) is 9.81. The molecule has 204 valence electrons. The molecular weight excluding hydrogens is 513 g/mol. The molecule has 0 aliphatic carbocycles. The van der Waals surface area contributed by atoms with Gasteiger partial charge in [-0.3, -0.25) is 9.59 Å². The first-order valence-electron chi connectivity index (χ1n) is 12.9. The van der Waals surface area contributed by atoms with Gasteiger partial charge in [0.1, 0.15) is 22.9 Å². The normalized spacial score (nSPS) is 11.5. The highest BCUT2D eigenvalue weighted by molar-refractivity contribution is 6.05. The van der Waals surface area contributed by atoms with Crippen molar-refractivity contribution in [3.63, 3.8) is 0 Å². The number of carbonyl (C=O) groups is 2. The van der Waals surface area contributed by atoms with Crippen molar-refractivity contribution in [1.29, 1.82) is 0 Å². The van der Waals surface area contributed by atoms with Crippen LogP contribution >= 0.6 is 0 Å². The van der Waals surface area contributed by atoms with E-state index in [0.717, 1.165) is 17.4 Å². The van der Waals surface area contributed by atoms with Crippen molar-refractivity contribution in [2.24, 2.45) is 0 Å². The molecule has 0 radical (unpaired) electrons. The lowest BCUT2D eigenvalue weighted by molar-refractivity contribution is 0.0906. The van der Waals surface area contributed by atoms with Gasteiger partial charge in [-0.1, -0.05) is 24.2 Å². The fraction of sp³-hybridized carbons (Fsp3) is 0.226. The lowest BCUT2D eigenvalue weighted by Crippen LogP contribution is -2.42. The summed E-state index contributed by atoms with van der Waals surface area (Å²) in [5.41, 5.74) is 3.29. The van der Waals surface area contributed by atoms with Gasteiger partial charge in [0.05, 0.1) is 17.7 Å². The highest BCUT2D eigenvalue weighted by Crippen LogP contribution is 2.40. The van der Waals surface area contributed by atoms with Crippen molar-refractivity contribution in [2.75, 3.05) is 6.61 Å². The third kappa shape index (κ3) is 4.98. The van der Waals surface area contributed by atoms with E-state index < -0.39 is 5.54 Å². The molecule has 2 aromatic heterocycles. The van der Waals surface area contributed by atoms with Gasteiger partial charge in [0, 0.05) is 28.1 Å². The molecule has 0 spiro atoms. The van der Waals surface area contributed by atoms with E-state index in [1.165, 1.54) is 18.5 Å². The standard InChI is InChI=1S/C31H28FN3O5/c1-5-18-7-8-20(13-23(18)29(37)34-31(3,4)30-33-17-39-35-30)22-14-24-25(16-36)28(19-9-11-21(32)12-10-19)40-27(24)15-26(22)38-6-2/h7-17H,5-6H2,1-4H3,(H,34,37). The van der Waals surface area contributed by atoms with Crippen LogP contribution in [-0.4, -0.2) is 28.9 Å². The molecule has 0 bridgehead atoms. The molecule has 0 aliphatic rings. The molecule has 5 rings (SSSR count). The summed E-state index contributed by atoms with van der Waals surface area (Å²) >= 11 is 0. The summed E-state index contributed by atoms with van der Waals surface area (Å²) in [4.78, 5) is 29.8. The average molecular weight is 542 g/mol. The van der Waals surface area contributed by atoms with E-state index in [4.69, 9.17) is 13.7 Å². The van der Waals surface area contributed by atoms with Gasteiger partial charge >= 0.3 is 0 Å². The monoisotopic (exact) mass is 541 g/mol. The lowest BCUT2D eigenvalue weighted by Gasteiger charge is -2.23. The largest absolute Gasteiger partial charge is 0.493 e. The van der Waals surface area contributed by atoms with E-state index in [9.17, 15) is 14.0 Å². The number of furan rings is 1. The number of halogens is 1. The van der Waals surface area contributed by atoms with E-state index in [2.05, 4.69) is 15.5 Å². The maximum absolute atomic E-state index is 13.5. The summed E-state index contributed by atoms with van der Waals surface area (Å²) in [6.07, 6.45) is 2.59. The molecule has 3 aromatic carbocycles. The molecule has 0 fully saturated rings. The minimum absolute atomic E-state index is 0.289. The molecule has 8 nitrogen and oxygen atoms in total. The van der Waals surface area contributed by atoms with Gasteiger partial charge in [0.25, 0.3) is 5.91 Å². The fourth-order valence-electron chi connectivity index (χ4n) is 4.69. The molecule has 0 saturated heterocycles. The number of amides is 1. The predicted molar refractivity (Wildman–Crippen MR) is 148 cm³/mol. The number of nitrogens with zero attached hydrogens (tertiary/aromatic N) is 2. The van der Waals surface area contributed by atoms with Gasteiger partial charge in [0.15, 0.2) is 12.1 Å². The van der Waals surface area contributed by atoms with E-state index >= 15 is 0 Å². The number of aryl methyl sites for hydroxylation is 1. The minimum Gasteiger partial charge on any atom is -0.493 e. The Morgan fingerprint density at radius 1 is 1.07 bits per heavy atom. The number of hydrogen-bond donors (Lipinski definition) is 1. The predicted octanol–water partition coefficient (Wildman–Crippen LogP) is 6.73. The number of carbonyl (C=O) groups excluding carboxylic acids is 2. The molecule has 1 N–H and O–H groups in total. The Balaban J connectivity index is 1.62. The van der Waals surface area contributed by atoms with Crippen LogP contribution in [0, 0.1) is 5.82 Å². The molecular formula is C31H28FN3O5. The van der Waals surface area contributed by atoms with Crippen LogP contribution in [0.3, 0.4) is 0 Å². The van der Waals surface area contributed by atoms with Crippen LogP contribution in [0.15, 0.2) is 69.9 Å². The molecule has 0 aliphatic heterocycles. The number of fused-ring (bicyclic) bond motifs is 1. The van der Waals surface area contributed by atoms with Crippen LogP contribution in [0.2, 0.25) is 0 Å². The first kappa shape index (κ1) is 26.8. The third-order valence-electron chi connectivity index (χ3n) is 6.75. The summed E-state index contributed by atoms with van der Waals surface area (Å²) < 4.78 is 30.4. The van der Waals surface area contributed by atoms with Crippen molar-refractivity contribution < 1.29 is 27.7 Å². The van der Waals surface area contributed by atoms with Crippen LogP contribution in [0.25, 0.3) is 33.4 Å². The number of benzene rings is 3. The quantitative estimate of drug-likeness (QED) is 0.206. The summed E-state index contributed by atoms with van der Waals surface area (Å²) in [5, 5.41) is 7.45. The van der Waals surface area contributed by atoms with Crippen molar-refractivity contribution >= 4 is 23.2 Å². The van der Waals surface area contributed by atoms with Gasteiger partial charge < -0.3 is 19.0 Å². The van der Waals surface area contributed by atoms with Crippen molar-refractivity contribution in [2.45, 2.75) is 39.7 Å². The zero-order chi connectivity index (χ0) is 28.4. The first-order valence-corrected chi connectivity index (χ1v) is 12.9. The Morgan fingerprint density at radius 2 is 1.82 bits per heavy atom. The molecule has 5 aromatic rings. The number of aromatic nitrogens is 2. The Morgan fingerprint density at radius 3 is 2.48 bits per heavy atom.